The van der Waals surface area contributed by atoms with Crippen molar-refractivity contribution in [2.45, 2.75) is 45.4 Å². The number of aliphatic hydroxyl groups is 1. The quantitative estimate of drug-likeness (QED) is 0.818. The number of hydrogen-bond acceptors (Lipinski definition) is 2. The van der Waals surface area contributed by atoms with Crippen LogP contribution in [0.25, 0.3) is 0 Å². The molecule has 16 heavy (non-hydrogen) atoms. The largest absolute Gasteiger partial charge is 0.392 e. The van der Waals surface area contributed by atoms with Crippen molar-refractivity contribution in [1.29, 1.82) is 0 Å². The highest BCUT2D eigenvalue weighted by atomic mass is 16.3. The third-order valence-corrected chi connectivity index (χ3v) is 3.97. The van der Waals surface area contributed by atoms with Gasteiger partial charge >= 0.3 is 0 Å². The molecule has 2 heteroatoms. The van der Waals surface area contributed by atoms with Crippen LogP contribution in [0.3, 0.4) is 0 Å². The second-order valence-electron chi connectivity index (χ2n) is 5.42. The Balaban J connectivity index is 1.97. The fraction of sp³-hybridized carbons (Fsp3) is 0.571. The first-order valence-corrected chi connectivity index (χ1v) is 6.01. The van der Waals surface area contributed by atoms with E-state index in [0.717, 1.165) is 6.42 Å². The molecule has 0 saturated heterocycles. The average molecular weight is 219 g/mol. The van der Waals surface area contributed by atoms with E-state index < -0.39 is 0 Å². The van der Waals surface area contributed by atoms with Gasteiger partial charge in [0.1, 0.15) is 0 Å². The molecule has 0 heterocycles. The van der Waals surface area contributed by atoms with Crippen LogP contribution < -0.4 is 5.32 Å². The average Bonchev–Trinajstić information content (AvgIpc) is 2.29. The van der Waals surface area contributed by atoms with Crippen molar-refractivity contribution in [3.63, 3.8) is 0 Å². The van der Waals surface area contributed by atoms with Gasteiger partial charge in [-0.2, -0.15) is 0 Å². The van der Waals surface area contributed by atoms with Crippen molar-refractivity contribution >= 4 is 0 Å². The minimum atomic E-state index is -0.159. The van der Waals surface area contributed by atoms with Crippen LogP contribution >= 0.6 is 0 Å². The van der Waals surface area contributed by atoms with Crippen molar-refractivity contribution in [2.75, 3.05) is 0 Å². The van der Waals surface area contributed by atoms with Crippen LogP contribution in [-0.2, 0) is 0 Å². The Morgan fingerprint density at radius 1 is 1.31 bits per heavy atom. The molecule has 3 atom stereocenters. The van der Waals surface area contributed by atoms with Crippen molar-refractivity contribution in [1.82, 2.24) is 5.32 Å². The Labute approximate surface area is 97.7 Å². The van der Waals surface area contributed by atoms with E-state index in [1.54, 1.807) is 0 Å². The highest BCUT2D eigenvalue weighted by Gasteiger charge is 2.47. The SMILES string of the molecule is CC(NC1CC(O)C1(C)C)c1ccccc1. The molecular weight excluding hydrogens is 198 g/mol. The zero-order valence-corrected chi connectivity index (χ0v) is 10.3. The van der Waals surface area contributed by atoms with E-state index >= 15 is 0 Å². The van der Waals surface area contributed by atoms with E-state index in [9.17, 15) is 5.11 Å². The Bertz CT molecular complexity index is 347. The first-order valence-electron chi connectivity index (χ1n) is 6.01. The molecule has 1 fully saturated rings. The molecule has 2 N–H and O–H groups in total. The minimum Gasteiger partial charge on any atom is -0.392 e. The van der Waals surface area contributed by atoms with E-state index in [2.05, 4.69) is 50.4 Å². The van der Waals surface area contributed by atoms with Gasteiger partial charge in [0.2, 0.25) is 0 Å². The van der Waals surface area contributed by atoms with Crippen LogP contribution in [0.15, 0.2) is 30.3 Å². The summed E-state index contributed by atoms with van der Waals surface area (Å²) in [7, 11) is 0. The van der Waals surface area contributed by atoms with E-state index in [-0.39, 0.29) is 11.5 Å². The van der Waals surface area contributed by atoms with Crippen molar-refractivity contribution in [2.24, 2.45) is 5.41 Å². The Hall–Kier alpha value is -0.860. The van der Waals surface area contributed by atoms with Gasteiger partial charge in [0.05, 0.1) is 6.10 Å². The predicted octanol–water partition coefficient (Wildman–Crippen LogP) is 2.50. The molecule has 0 spiro atoms. The number of rotatable bonds is 3. The van der Waals surface area contributed by atoms with Gasteiger partial charge in [0, 0.05) is 17.5 Å². The van der Waals surface area contributed by atoms with Gasteiger partial charge in [-0.3, -0.25) is 0 Å². The molecule has 0 amide bonds. The normalized spacial score (nSPS) is 29.5. The lowest BCUT2D eigenvalue weighted by Gasteiger charge is -2.50. The molecular formula is C14H21NO. The zero-order valence-electron chi connectivity index (χ0n) is 10.3. The van der Waals surface area contributed by atoms with Gasteiger partial charge in [-0.05, 0) is 18.9 Å². The molecule has 1 aliphatic rings. The van der Waals surface area contributed by atoms with Gasteiger partial charge in [0.25, 0.3) is 0 Å². The van der Waals surface area contributed by atoms with Gasteiger partial charge in [-0.1, -0.05) is 44.2 Å². The molecule has 0 radical (unpaired) electrons. The summed E-state index contributed by atoms with van der Waals surface area (Å²) in [4.78, 5) is 0. The molecule has 0 aromatic heterocycles. The Kier molecular flexibility index (Phi) is 3.04. The molecule has 0 bridgehead atoms. The topological polar surface area (TPSA) is 32.3 Å². The Morgan fingerprint density at radius 2 is 1.94 bits per heavy atom. The van der Waals surface area contributed by atoms with Gasteiger partial charge in [-0.25, -0.2) is 0 Å². The van der Waals surface area contributed by atoms with Crippen LogP contribution in [0, 0.1) is 5.41 Å². The molecule has 1 aromatic carbocycles. The third kappa shape index (κ3) is 2.00. The first kappa shape index (κ1) is 11.6. The van der Waals surface area contributed by atoms with E-state index in [4.69, 9.17) is 0 Å². The van der Waals surface area contributed by atoms with Crippen LogP contribution in [0.1, 0.15) is 38.8 Å². The smallest absolute Gasteiger partial charge is 0.0621 e. The van der Waals surface area contributed by atoms with Gasteiger partial charge in [0.15, 0.2) is 0 Å². The first-order chi connectivity index (χ1) is 7.51. The molecule has 2 nitrogen and oxygen atoms in total. The maximum atomic E-state index is 9.69. The summed E-state index contributed by atoms with van der Waals surface area (Å²) in [5.74, 6) is 0. The lowest BCUT2D eigenvalue weighted by Crippen LogP contribution is -2.60. The lowest BCUT2D eigenvalue weighted by molar-refractivity contribution is -0.0754. The second-order valence-corrected chi connectivity index (χ2v) is 5.42. The van der Waals surface area contributed by atoms with Crippen LogP contribution in [-0.4, -0.2) is 17.3 Å². The molecule has 0 aliphatic heterocycles. The summed E-state index contributed by atoms with van der Waals surface area (Å²) in [6.45, 7) is 6.42. The summed E-state index contributed by atoms with van der Waals surface area (Å²) in [5.41, 5.74) is 1.31. The van der Waals surface area contributed by atoms with E-state index in [1.807, 2.05) is 6.07 Å². The zero-order chi connectivity index (χ0) is 11.8. The van der Waals surface area contributed by atoms with Crippen LogP contribution in [0.2, 0.25) is 0 Å². The number of benzene rings is 1. The van der Waals surface area contributed by atoms with Crippen LogP contribution in [0.5, 0.6) is 0 Å². The highest BCUT2D eigenvalue weighted by molar-refractivity contribution is 5.19. The third-order valence-electron chi connectivity index (χ3n) is 3.97. The van der Waals surface area contributed by atoms with Gasteiger partial charge < -0.3 is 10.4 Å². The Morgan fingerprint density at radius 3 is 2.44 bits per heavy atom. The number of aliphatic hydroxyl groups excluding tert-OH is 1. The highest BCUT2D eigenvalue weighted by Crippen LogP contribution is 2.41. The van der Waals surface area contributed by atoms with Crippen LogP contribution in [0.4, 0.5) is 0 Å². The minimum absolute atomic E-state index is 0.00302. The summed E-state index contributed by atoms with van der Waals surface area (Å²) in [6.07, 6.45) is 0.706. The summed E-state index contributed by atoms with van der Waals surface area (Å²) >= 11 is 0. The predicted molar refractivity (Wildman–Crippen MR) is 66.2 cm³/mol. The van der Waals surface area contributed by atoms with E-state index in [1.165, 1.54) is 5.56 Å². The maximum Gasteiger partial charge on any atom is 0.0621 e. The molecule has 1 aliphatic carbocycles. The summed E-state index contributed by atoms with van der Waals surface area (Å²) in [5, 5.41) is 13.3. The monoisotopic (exact) mass is 219 g/mol. The lowest BCUT2D eigenvalue weighted by atomic mass is 9.64. The number of nitrogens with one attached hydrogen (secondary N) is 1. The molecule has 2 rings (SSSR count). The van der Waals surface area contributed by atoms with E-state index in [0.29, 0.717) is 12.1 Å². The van der Waals surface area contributed by atoms with Crippen molar-refractivity contribution < 1.29 is 5.11 Å². The summed E-state index contributed by atoms with van der Waals surface area (Å²) in [6, 6.07) is 11.2. The number of hydrogen-bond donors (Lipinski definition) is 2. The molecule has 3 unspecified atom stereocenters. The van der Waals surface area contributed by atoms with Crippen molar-refractivity contribution in [3.8, 4) is 0 Å². The molecule has 88 valence electrons. The summed E-state index contributed by atoms with van der Waals surface area (Å²) < 4.78 is 0. The second kappa shape index (κ2) is 4.19. The fourth-order valence-corrected chi connectivity index (χ4v) is 2.33. The van der Waals surface area contributed by atoms with Gasteiger partial charge in [-0.15, -0.1) is 0 Å². The van der Waals surface area contributed by atoms with Crippen molar-refractivity contribution in [3.05, 3.63) is 35.9 Å². The standard InChI is InChI=1S/C14H21NO/c1-10(11-7-5-4-6-8-11)15-12-9-13(16)14(12,2)3/h4-8,10,12-13,15-16H,9H2,1-3H3. The molecule has 1 aromatic rings. The maximum absolute atomic E-state index is 9.69. The fourth-order valence-electron chi connectivity index (χ4n) is 2.33. The molecule has 1 saturated carbocycles.